The van der Waals surface area contributed by atoms with E-state index >= 15 is 0 Å². The maximum atomic E-state index is 13.0. The summed E-state index contributed by atoms with van der Waals surface area (Å²) in [7, 11) is 0. The molecule has 2 rings (SSSR count). The summed E-state index contributed by atoms with van der Waals surface area (Å²) in [6.07, 6.45) is 2.15. The zero-order valence-corrected chi connectivity index (χ0v) is 9.50. The van der Waals surface area contributed by atoms with Gasteiger partial charge in [0.2, 0.25) is 5.92 Å². The van der Waals surface area contributed by atoms with Gasteiger partial charge in [0.15, 0.2) is 0 Å². The standard InChI is InChI=1S/C12H20F2O2/c13-12(14)5-1-9(2-6-12)11(15)10-3-7-16-8-4-10/h9-11,15H,1-8H2. The molecular weight excluding hydrogens is 214 g/mol. The Morgan fingerprint density at radius 1 is 1.00 bits per heavy atom. The zero-order chi connectivity index (χ0) is 11.6. The molecule has 16 heavy (non-hydrogen) atoms. The molecule has 2 fully saturated rings. The van der Waals surface area contributed by atoms with Gasteiger partial charge in [-0.05, 0) is 37.5 Å². The van der Waals surface area contributed by atoms with E-state index in [1.165, 1.54) is 0 Å². The van der Waals surface area contributed by atoms with Crippen molar-refractivity contribution in [1.29, 1.82) is 0 Å². The van der Waals surface area contributed by atoms with Crippen molar-refractivity contribution in [2.24, 2.45) is 11.8 Å². The summed E-state index contributed by atoms with van der Waals surface area (Å²) in [5, 5.41) is 10.2. The normalized spacial score (nSPS) is 30.2. The largest absolute Gasteiger partial charge is 0.393 e. The lowest BCUT2D eigenvalue weighted by Gasteiger charge is -2.36. The maximum Gasteiger partial charge on any atom is 0.248 e. The second-order valence-corrected chi connectivity index (χ2v) is 5.13. The van der Waals surface area contributed by atoms with Gasteiger partial charge in [0, 0.05) is 26.1 Å². The predicted molar refractivity (Wildman–Crippen MR) is 56.5 cm³/mol. The highest BCUT2D eigenvalue weighted by atomic mass is 19.3. The van der Waals surface area contributed by atoms with Crippen molar-refractivity contribution >= 4 is 0 Å². The average molecular weight is 234 g/mol. The van der Waals surface area contributed by atoms with E-state index in [9.17, 15) is 13.9 Å². The minimum absolute atomic E-state index is 0.0576. The van der Waals surface area contributed by atoms with Gasteiger partial charge in [-0.1, -0.05) is 0 Å². The Morgan fingerprint density at radius 2 is 1.50 bits per heavy atom. The third-order valence-corrected chi connectivity index (χ3v) is 3.99. The van der Waals surface area contributed by atoms with E-state index in [1.807, 2.05) is 0 Å². The van der Waals surface area contributed by atoms with Gasteiger partial charge in [0.05, 0.1) is 6.10 Å². The van der Waals surface area contributed by atoms with Crippen molar-refractivity contribution in [2.45, 2.75) is 50.6 Å². The van der Waals surface area contributed by atoms with Crippen LogP contribution in [0.5, 0.6) is 0 Å². The van der Waals surface area contributed by atoms with Gasteiger partial charge in [-0.15, -0.1) is 0 Å². The van der Waals surface area contributed by atoms with Crippen molar-refractivity contribution in [3.63, 3.8) is 0 Å². The fraction of sp³-hybridized carbons (Fsp3) is 1.00. The first-order valence-electron chi connectivity index (χ1n) is 6.22. The minimum atomic E-state index is -2.49. The monoisotopic (exact) mass is 234 g/mol. The van der Waals surface area contributed by atoms with Crippen LogP contribution < -0.4 is 0 Å². The van der Waals surface area contributed by atoms with E-state index in [4.69, 9.17) is 4.74 Å². The second-order valence-electron chi connectivity index (χ2n) is 5.13. The van der Waals surface area contributed by atoms with Gasteiger partial charge in [0.25, 0.3) is 0 Å². The summed E-state index contributed by atoms with van der Waals surface area (Å²) < 4.78 is 31.2. The van der Waals surface area contributed by atoms with Gasteiger partial charge in [-0.3, -0.25) is 0 Å². The topological polar surface area (TPSA) is 29.5 Å². The molecule has 0 amide bonds. The van der Waals surface area contributed by atoms with Crippen LogP contribution in [0.15, 0.2) is 0 Å². The number of hydrogen-bond donors (Lipinski definition) is 1. The Labute approximate surface area is 95.0 Å². The summed E-state index contributed by atoms with van der Waals surface area (Å²) >= 11 is 0. The number of halogens is 2. The van der Waals surface area contributed by atoms with Crippen LogP contribution in [-0.4, -0.2) is 30.3 Å². The van der Waals surface area contributed by atoms with Crippen molar-refractivity contribution in [3.8, 4) is 0 Å². The predicted octanol–water partition coefficient (Wildman–Crippen LogP) is 2.60. The average Bonchev–Trinajstić information content (AvgIpc) is 2.29. The van der Waals surface area contributed by atoms with Gasteiger partial charge >= 0.3 is 0 Å². The molecule has 0 aromatic heterocycles. The van der Waals surface area contributed by atoms with E-state index < -0.39 is 12.0 Å². The molecule has 0 bridgehead atoms. The molecule has 1 saturated heterocycles. The highest BCUT2D eigenvalue weighted by Gasteiger charge is 2.39. The Morgan fingerprint density at radius 3 is 2.06 bits per heavy atom. The molecule has 2 nitrogen and oxygen atoms in total. The lowest BCUT2D eigenvalue weighted by Crippen LogP contribution is -2.37. The lowest BCUT2D eigenvalue weighted by atomic mass is 9.77. The van der Waals surface area contributed by atoms with Gasteiger partial charge in [0.1, 0.15) is 0 Å². The molecule has 0 aromatic rings. The van der Waals surface area contributed by atoms with Gasteiger partial charge in [-0.25, -0.2) is 8.78 Å². The van der Waals surface area contributed by atoms with E-state index in [1.54, 1.807) is 0 Å². The van der Waals surface area contributed by atoms with E-state index in [0.717, 1.165) is 12.8 Å². The smallest absolute Gasteiger partial charge is 0.248 e. The SMILES string of the molecule is OC(C1CCOCC1)C1CCC(F)(F)CC1. The van der Waals surface area contributed by atoms with Crippen LogP contribution in [0.2, 0.25) is 0 Å². The molecule has 0 spiro atoms. The van der Waals surface area contributed by atoms with Gasteiger partial charge in [-0.2, -0.15) is 0 Å². The van der Waals surface area contributed by atoms with Crippen molar-refractivity contribution < 1.29 is 18.6 Å². The van der Waals surface area contributed by atoms with Crippen LogP contribution in [0, 0.1) is 11.8 Å². The van der Waals surface area contributed by atoms with E-state index in [2.05, 4.69) is 0 Å². The number of alkyl halides is 2. The Balaban J connectivity index is 1.83. The number of rotatable bonds is 2. The molecule has 1 aliphatic carbocycles. The summed E-state index contributed by atoms with van der Waals surface area (Å²) in [5.74, 6) is -2.17. The third-order valence-electron chi connectivity index (χ3n) is 3.99. The molecule has 0 radical (unpaired) electrons. The Bertz CT molecular complexity index is 217. The first-order chi connectivity index (χ1) is 7.58. The Hall–Kier alpha value is -0.220. The fourth-order valence-corrected chi connectivity index (χ4v) is 2.85. The Kier molecular flexibility index (Phi) is 3.80. The van der Waals surface area contributed by atoms with Gasteiger partial charge < -0.3 is 9.84 Å². The summed E-state index contributed by atoms with van der Waals surface area (Å²) in [5.41, 5.74) is 0. The summed E-state index contributed by atoms with van der Waals surface area (Å²) in [6, 6.07) is 0. The third kappa shape index (κ3) is 2.92. The summed E-state index contributed by atoms with van der Waals surface area (Å²) in [6.45, 7) is 1.40. The molecule has 1 N–H and O–H groups in total. The quantitative estimate of drug-likeness (QED) is 0.795. The van der Waals surface area contributed by atoms with Crippen molar-refractivity contribution in [2.75, 3.05) is 13.2 Å². The highest BCUT2D eigenvalue weighted by Crippen LogP contribution is 2.39. The van der Waals surface area contributed by atoms with Crippen molar-refractivity contribution in [1.82, 2.24) is 0 Å². The molecule has 1 aliphatic heterocycles. The maximum absolute atomic E-state index is 13.0. The second kappa shape index (κ2) is 4.96. The molecule has 1 heterocycles. The number of aliphatic hydroxyl groups excluding tert-OH is 1. The van der Waals surface area contributed by atoms with E-state index in [0.29, 0.717) is 26.1 Å². The minimum Gasteiger partial charge on any atom is -0.393 e. The van der Waals surface area contributed by atoms with Crippen LogP contribution in [0.4, 0.5) is 8.78 Å². The number of ether oxygens (including phenoxy) is 1. The molecule has 1 unspecified atom stereocenters. The summed E-state index contributed by atoms with van der Waals surface area (Å²) in [4.78, 5) is 0. The lowest BCUT2D eigenvalue weighted by molar-refractivity contribution is -0.0801. The molecule has 2 aliphatic rings. The van der Waals surface area contributed by atoms with Crippen LogP contribution in [0.25, 0.3) is 0 Å². The van der Waals surface area contributed by atoms with Crippen LogP contribution in [0.1, 0.15) is 38.5 Å². The zero-order valence-electron chi connectivity index (χ0n) is 9.50. The first kappa shape index (κ1) is 12.2. The molecule has 1 saturated carbocycles. The molecular formula is C12H20F2O2. The first-order valence-corrected chi connectivity index (χ1v) is 6.22. The van der Waals surface area contributed by atoms with Crippen LogP contribution >= 0.6 is 0 Å². The number of aliphatic hydroxyl groups is 1. The fourth-order valence-electron chi connectivity index (χ4n) is 2.85. The molecule has 94 valence electrons. The highest BCUT2D eigenvalue weighted by molar-refractivity contribution is 4.85. The van der Waals surface area contributed by atoms with Crippen LogP contribution in [0.3, 0.4) is 0 Å². The molecule has 0 aromatic carbocycles. The number of hydrogen-bond acceptors (Lipinski definition) is 2. The van der Waals surface area contributed by atoms with Crippen molar-refractivity contribution in [3.05, 3.63) is 0 Å². The molecule has 1 atom stereocenters. The van der Waals surface area contributed by atoms with E-state index in [-0.39, 0.29) is 24.7 Å². The molecule has 4 heteroatoms. The van der Waals surface area contributed by atoms with Crippen LogP contribution in [-0.2, 0) is 4.74 Å².